The molecular weight excluding hydrogens is 564 g/mol. The molecule has 0 aliphatic carbocycles. The minimum atomic E-state index is -3.86. The maximum Gasteiger partial charge on any atom is 0.293 e. The smallest absolute Gasteiger partial charge is 0.293 e. The standard InChI is InChI=1S/C24H22Cl2FN3O5S2/c25-18-2-1-3-20(21(18)26)37(34,35)29-11-8-16(9-12-29)22(31)28-10-13-30-23(32)19(36-24(30)33)14-15-4-6-17(27)7-5-15/h1-7,14,16H,8-13H2,(H,28,31). The number of imide groups is 1. The Hall–Kier alpha value is -2.44. The fraction of sp³-hybridized carbons (Fsp3) is 0.292. The van der Waals surface area contributed by atoms with Crippen LogP contribution in [0.3, 0.4) is 0 Å². The number of carbonyl (C=O) groups excluding carboxylic acids is 3. The fourth-order valence-corrected chi connectivity index (χ4v) is 7.09. The molecule has 2 fully saturated rings. The van der Waals surface area contributed by atoms with E-state index in [-0.39, 0.29) is 51.9 Å². The third-order valence-electron chi connectivity index (χ3n) is 6.03. The van der Waals surface area contributed by atoms with Gasteiger partial charge in [0.15, 0.2) is 0 Å². The molecule has 3 amide bonds. The summed E-state index contributed by atoms with van der Waals surface area (Å²) in [6.45, 7) is 0.343. The number of carbonyl (C=O) groups is 3. The van der Waals surface area contributed by atoms with Gasteiger partial charge >= 0.3 is 0 Å². The number of nitrogens with one attached hydrogen (secondary N) is 1. The molecule has 1 N–H and O–H groups in total. The van der Waals surface area contributed by atoms with E-state index in [0.29, 0.717) is 18.4 Å². The van der Waals surface area contributed by atoms with Crippen LogP contribution in [0.25, 0.3) is 6.08 Å². The molecule has 0 unspecified atom stereocenters. The van der Waals surface area contributed by atoms with Crippen LogP contribution in [0.5, 0.6) is 0 Å². The molecule has 37 heavy (non-hydrogen) atoms. The van der Waals surface area contributed by atoms with Crippen molar-refractivity contribution in [2.24, 2.45) is 5.92 Å². The average molecular weight is 586 g/mol. The van der Waals surface area contributed by atoms with Gasteiger partial charge in [0.25, 0.3) is 11.1 Å². The second-order valence-corrected chi connectivity index (χ2v) is 12.1. The maximum absolute atomic E-state index is 13.1. The summed E-state index contributed by atoms with van der Waals surface area (Å²) >= 11 is 12.8. The zero-order chi connectivity index (χ0) is 26.7. The Bertz CT molecular complexity index is 1360. The van der Waals surface area contributed by atoms with Crippen LogP contribution < -0.4 is 5.32 Å². The lowest BCUT2D eigenvalue weighted by molar-refractivity contribution is -0.127. The Morgan fingerprint density at radius 1 is 1.11 bits per heavy atom. The molecule has 2 aromatic carbocycles. The van der Waals surface area contributed by atoms with Crippen LogP contribution in [0, 0.1) is 11.7 Å². The van der Waals surface area contributed by atoms with Crippen LogP contribution in [0.2, 0.25) is 10.0 Å². The predicted octanol–water partition coefficient (Wildman–Crippen LogP) is 4.39. The largest absolute Gasteiger partial charge is 0.354 e. The molecule has 0 bridgehead atoms. The third kappa shape index (κ3) is 6.18. The highest BCUT2D eigenvalue weighted by Crippen LogP contribution is 2.33. The van der Waals surface area contributed by atoms with Crippen molar-refractivity contribution in [2.45, 2.75) is 17.7 Å². The number of sulfonamides is 1. The number of amides is 3. The van der Waals surface area contributed by atoms with Gasteiger partial charge in [-0.25, -0.2) is 12.8 Å². The van der Waals surface area contributed by atoms with Crippen LogP contribution in [0.1, 0.15) is 18.4 Å². The summed E-state index contributed by atoms with van der Waals surface area (Å²) < 4.78 is 40.3. The van der Waals surface area contributed by atoms with E-state index in [1.165, 1.54) is 52.8 Å². The molecule has 8 nitrogen and oxygen atoms in total. The van der Waals surface area contributed by atoms with Gasteiger partial charge in [0.2, 0.25) is 15.9 Å². The molecule has 2 aromatic rings. The monoisotopic (exact) mass is 585 g/mol. The lowest BCUT2D eigenvalue weighted by Crippen LogP contribution is -2.44. The molecule has 2 aliphatic rings. The lowest BCUT2D eigenvalue weighted by atomic mass is 9.97. The van der Waals surface area contributed by atoms with E-state index in [4.69, 9.17) is 23.2 Å². The molecule has 0 saturated carbocycles. The van der Waals surface area contributed by atoms with Crippen LogP contribution in [0.4, 0.5) is 9.18 Å². The molecule has 0 radical (unpaired) electrons. The molecular formula is C24H22Cl2FN3O5S2. The summed E-state index contributed by atoms with van der Waals surface area (Å²) in [6.07, 6.45) is 2.14. The molecule has 2 aliphatic heterocycles. The first-order valence-electron chi connectivity index (χ1n) is 11.3. The van der Waals surface area contributed by atoms with E-state index in [2.05, 4.69) is 5.32 Å². The fourth-order valence-electron chi connectivity index (χ4n) is 4.02. The number of piperidine rings is 1. The van der Waals surface area contributed by atoms with Crippen molar-refractivity contribution in [1.82, 2.24) is 14.5 Å². The van der Waals surface area contributed by atoms with Crippen molar-refractivity contribution in [3.63, 3.8) is 0 Å². The highest BCUT2D eigenvalue weighted by molar-refractivity contribution is 8.18. The van der Waals surface area contributed by atoms with E-state index in [1.807, 2.05) is 0 Å². The summed E-state index contributed by atoms with van der Waals surface area (Å²) in [6, 6.07) is 9.94. The Morgan fingerprint density at radius 3 is 2.46 bits per heavy atom. The lowest BCUT2D eigenvalue weighted by Gasteiger charge is -2.31. The van der Waals surface area contributed by atoms with E-state index >= 15 is 0 Å². The van der Waals surface area contributed by atoms with Gasteiger partial charge in [0.05, 0.1) is 15.0 Å². The highest BCUT2D eigenvalue weighted by atomic mass is 35.5. The number of hydrogen-bond donors (Lipinski definition) is 1. The Kier molecular flexibility index (Phi) is 8.59. The van der Waals surface area contributed by atoms with Gasteiger partial charge in [-0.05, 0) is 60.5 Å². The highest BCUT2D eigenvalue weighted by Gasteiger charge is 2.36. The molecule has 0 aromatic heterocycles. The number of benzene rings is 2. The van der Waals surface area contributed by atoms with Crippen molar-refractivity contribution in [1.29, 1.82) is 0 Å². The molecule has 0 atom stereocenters. The zero-order valence-electron chi connectivity index (χ0n) is 19.3. The van der Waals surface area contributed by atoms with Gasteiger partial charge in [0, 0.05) is 32.1 Å². The van der Waals surface area contributed by atoms with Crippen molar-refractivity contribution in [3.8, 4) is 0 Å². The first kappa shape index (κ1) is 27.6. The first-order chi connectivity index (χ1) is 17.6. The number of rotatable bonds is 7. The topological polar surface area (TPSA) is 104 Å². The van der Waals surface area contributed by atoms with Gasteiger partial charge < -0.3 is 5.32 Å². The Balaban J connectivity index is 1.27. The van der Waals surface area contributed by atoms with Crippen LogP contribution in [-0.4, -0.2) is 60.9 Å². The SMILES string of the molecule is O=C(NCCN1C(=O)SC(=Cc2ccc(F)cc2)C1=O)C1CCN(S(=O)(=O)c2cccc(Cl)c2Cl)CC1. The van der Waals surface area contributed by atoms with Crippen molar-refractivity contribution < 1.29 is 27.2 Å². The quantitative estimate of drug-likeness (QED) is 0.483. The van der Waals surface area contributed by atoms with Crippen LogP contribution in [0.15, 0.2) is 52.3 Å². The zero-order valence-corrected chi connectivity index (χ0v) is 22.5. The van der Waals surface area contributed by atoms with E-state index in [1.54, 1.807) is 0 Å². The summed E-state index contributed by atoms with van der Waals surface area (Å²) in [5, 5.41) is 2.38. The average Bonchev–Trinajstić information content (AvgIpc) is 3.14. The van der Waals surface area contributed by atoms with E-state index in [9.17, 15) is 27.2 Å². The second-order valence-electron chi connectivity index (χ2n) is 8.41. The Labute approximate surface area is 227 Å². The summed E-state index contributed by atoms with van der Waals surface area (Å²) in [4.78, 5) is 38.7. The minimum absolute atomic E-state index is 0.00233. The molecule has 2 heterocycles. The minimum Gasteiger partial charge on any atom is -0.354 e. The molecule has 4 rings (SSSR count). The molecule has 2 saturated heterocycles. The van der Waals surface area contributed by atoms with E-state index in [0.717, 1.165) is 16.7 Å². The van der Waals surface area contributed by atoms with Crippen molar-refractivity contribution in [2.75, 3.05) is 26.2 Å². The normalized spacial score (nSPS) is 18.6. The van der Waals surface area contributed by atoms with Crippen molar-refractivity contribution >= 4 is 68.1 Å². The number of thioether (sulfide) groups is 1. The molecule has 13 heteroatoms. The summed E-state index contributed by atoms with van der Waals surface area (Å²) in [5.74, 6) is -1.56. The van der Waals surface area contributed by atoms with E-state index < -0.39 is 32.9 Å². The van der Waals surface area contributed by atoms with Gasteiger partial charge in [-0.1, -0.05) is 41.4 Å². The first-order valence-corrected chi connectivity index (χ1v) is 14.3. The van der Waals surface area contributed by atoms with Gasteiger partial charge in [0.1, 0.15) is 10.7 Å². The van der Waals surface area contributed by atoms with Gasteiger partial charge in [-0.2, -0.15) is 4.31 Å². The number of hydrogen-bond acceptors (Lipinski definition) is 6. The van der Waals surface area contributed by atoms with Crippen LogP contribution >= 0.6 is 35.0 Å². The Morgan fingerprint density at radius 2 is 1.78 bits per heavy atom. The number of nitrogens with zero attached hydrogens (tertiary/aromatic N) is 2. The van der Waals surface area contributed by atoms with Gasteiger partial charge in [-0.3, -0.25) is 19.3 Å². The van der Waals surface area contributed by atoms with Gasteiger partial charge in [-0.15, -0.1) is 0 Å². The molecule has 196 valence electrons. The van der Waals surface area contributed by atoms with Crippen LogP contribution in [-0.2, 0) is 19.6 Å². The van der Waals surface area contributed by atoms with Crippen molar-refractivity contribution in [3.05, 3.63) is 68.8 Å². The molecule has 0 spiro atoms. The number of halogens is 3. The third-order valence-corrected chi connectivity index (χ3v) is 9.81. The second kappa shape index (κ2) is 11.5. The summed E-state index contributed by atoms with van der Waals surface area (Å²) in [7, 11) is -3.86. The summed E-state index contributed by atoms with van der Waals surface area (Å²) in [5.41, 5.74) is 0.589. The maximum atomic E-state index is 13.1. The predicted molar refractivity (Wildman–Crippen MR) is 140 cm³/mol.